The quantitative estimate of drug-likeness (QED) is 0.406. The van der Waals surface area contributed by atoms with Gasteiger partial charge >= 0.3 is 5.97 Å². The van der Waals surface area contributed by atoms with Crippen molar-refractivity contribution in [3.05, 3.63) is 66.1 Å². The van der Waals surface area contributed by atoms with Gasteiger partial charge in [-0.25, -0.2) is 19.3 Å². The van der Waals surface area contributed by atoms with Crippen LogP contribution in [0.15, 0.2) is 48.9 Å². The van der Waals surface area contributed by atoms with Crippen LogP contribution < -0.4 is 14.5 Å². The van der Waals surface area contributed by atoms with Crippen molar-refractivity contribution in [1.29, 1.82) is 0 Å². The first-order valence-electron chi connectivity index (χ1n) is 13.4. The fourth-order valence-corrected chi connectivity index (χ4v) is 6.52. The first-order chi connectivity index (χ1) is 19.4. The molecule has 1 unspecified atom stereocenters. The number of rotatable bonds is 5. The largest absolute Gasteiger partial charge is 0.481 e. The Morgan fingerprint density at radius 3 is 2.58 bits per heavy atom. The Bertz CT molecular complexity index is 1640. The van der Waals surface area contributed by atoms with Gasteiger partial charge in [0.15, 0.2) is 18.2 Å². The summed E-state index contributed by atoms with van der Waals surface area (Å²) in [5.41, 5.74) is 4.39. The zero-order valence-electron chi connectivity index (χ0n) is 21.8. The maximum atomic E-state index is 14.3. The number of aliphatic carboxylic acids is 1. The molecule has 3 atom stereocenters. The number of hydrogen-bond acceptors (Lipinski definition) is 7. The average molecular weight is 543 g/mol. The molecule has 204 valence electrons. The first-order valence-corrected chi connectivity index (χ1v) is 13.4. The number of piperidine rings is 1. The number of fused-ring (bicyclic) bond motifs is 4. The van der Waals surface area contributed by atoms with Crippen molar-refractivity contribution >= 4 is 29.2 Å². The topological polar surface area (TPSA) is 113 Å². The molecule has 1 saturated heterocycles. The van der Waals surface area contributed by atoms with Crippen LogP contribution in [0.1, 0.15) is 24.2 Å². The van der Waals surface area contributed by atoms with E-state index in [4.69, 9.17) is 4.74 Å². The summed E-state index contributed by atoms with van der Waals surface area (Å²) in [5, 5.41) is 9.60. The third-order valence-corrected chi connectivity index (χ3v) is 8.48. The van der Waals surface area contributed by atoms with Gasteiger partial charge < -0.3 is 19.1 Å². The summed E-state index contributed by atoms with van der Waals surface area (Å²) in [5.74, 6) is -0.771. The van der Waals surface area contributed by atoms with Crippen LogP contribution in [-0.2, 0) is 16.1 Å². The number of carboxylic acids is 1. The third-order valence-electron chi connectivity index (χ3n) is 8.48. The molecule has 1 aliphatic carbocycles. The molecule has 0 radical (unpaired) electrons. The molecule has 3 aliphatic rings. The zero-order valence-corrected chi connectivity index (χ0v) is 21.8. The van der Waals surface area contributed by atoms with Crippen molar-refractivity contribution in [3.63, 3.8) is 0 Å². The number of amides is 1. The summed E-state index contributed by atoms with van der Waals surface area (Å²) in [4.78, 5) is 42.0. The maximum Gasteiger partial charge on any atom is 0.307 e. The molecular weight excluding hydrogens is 515 g/mol. The number of benzene rings is 1. The lowest BCUT2D eigenvalue weighted by molar-refractivity contribution is -0.144. The minimum atomic E-state index is -0.692. The van der Waals surface area contributed by atoms with Crippen molar-refractivity contribution in [1.82, 2.24) is 19.4 Å². The van der Waals surface area contributed by atoms with Crippen molar-refractivity contribution < 1.29 is 23.8 Å². The molecule has 1 aromatic carbocycles. The smallest absolute Gasteiger partial charge is 0.307 e. The van der Waals surface area contributed by atoms with E-state index in [0.29, 0.717) is 24.7 Å². The summed E-state index contributed by atoms with van der Waals surface area (Å²) in [6.07, 6.45) is 7.36. The Labute approximate surface area is 229 Å². The minimum absolute atomic E-state index is 0.0756. The van der Waals surface area contributed by atoms with Gasteiger partial charge in [0.2, 0.25) is 5.95 Å². The Kier molecular flexibility index (Phi) is 5.69. The average Bonchev–Trinajstić information content (AvgIpc) is 3.41. The Hall–Kier alpha value is -4.54. The highest BCUT2D eigenvalue weighted by Crippen LogP contribution is 2.43. The molecule has 10 nitrogen and oxygen atoms in total. The predicted octanol–water partition coefficient (Wildman–Crippen LogP) is 3.71. The number of ether oxygens (including phenoxy) is 1. The summed E-state index contributed by atoms with van der Waals surface area (Å²) < 4.78 is 21.6. The second-order valence-corrected chi connectivity index (χ2v) is 10.8. The number of carbonyl (C=O) groups is 2. The molecule has 2 aliphatic heterocycles. The van der Waals surface area contributed by atoms with Gasteiger partial charge in [-0.2, -0.15) is 0 Å². The number of aryl methyl sites for hydroxylation is 1. The van der Waals surface area contributed by atoms with Crippen molar-refractivity contribution in [2.24, 2.45) is 17.8 Å². The summed E-state index contributed by atoms with van der Waals surface area (Å²) in [7, 11) is 0. The number of carbonyl (C=O) groups excluding carboxylic acids is 1. The lowest BCUT2D eigenvalue weighted by Crippen LogP contribution is -2.45. The van der Waals surface area contributed by atoms with Gasteiger partial charge in [0, 0.05) is 42.8 Å². The fourth-order valence-electron chi connectivity index (χ4n) is 6.52. The maximum absolute atomic E-state index is 14.3. The van der Waals surface area contributed by atoms with E-state index in [1.807, 2.05) is 29.7 Å². The lowest BCUT2D eigenvalue weighted by atomic mass is 9.85. The van der Waals surface area contributed by atoms with E-state index < -0.39 is 11.8 Å². The van der Waals surface area contributed by atoms with E-state index in [9.17, 15) is 19.1 Å². The van der Waals surface area contributed by atoms with Gasteiger partial charge in [0.05, 0.1) is 29.5 Å². The number of anilines is 2. The molecular formula is C29H27FN6O4. The van der Waals surface area contributed by atoms with E-state index in [0.717, 1.165) is 41.0 Å². The van der Waals surface area contributed by atoms with Crippen LogP contribution in [0.2, 0.25) is 0 Å². The van der Waals surface area contributed by atoms with Crippen LogP contribution in [0.25, 0.3) is 16.8 Å². The number of aromatic nitrogens is 4. The fraction of sp³-hybridized carbons (Fsp3) is 0.345. The van der Waals surface area contributed by atoms with Gasteiger partial charge in [0.1, 0.15) is 5.65 Å². The number of nitrogens with zero attached hydrogens (tertiary/aromatic N) is 6. The van der Waals surface area contributed by atoms with Crippen LogP contribution >= 0.6 is 0 Å². The molecule has 40 heavy (non-hydrogen) atoms. The molecule has 7 rings (SSSR count). The van der Waals surface area contributed by atoms with Crippen LogP contribution in [0.5, 0.6) is 5.75 Å². The number of halogens is 1. The monoisotopic (exact) mass is 542 g/mol. The summed E-state index contributed by atoms with van der Waals surface area (Å²) in [6, 6.07) is 8.41. The minimum Gasteiger partial charge on any atom is -0.481 e. The van der Waals surface area contributed by atoms with Gasteiger partial charge in [-0.15, -0.1) is 0 Å². The normalized spacial score (nSPS) is 21.9. The van der Waals surface area contributed by atoms with E-state index in [2.05, 4.69) is 19.9 Å². The standard InChI is InChI=1S/C29H27FN6O4/c1-16-23(14-36-22-4-2-3-21(30)27(22)40-15-25(36)37)35-13-17(7-8-24(35)33-16)20-9-31-29(32-10-20)34-11-18-5-6-19(12-34)26(18)28(38)39/h2-4,7-10,13,18-19,26H,5-6,11-12,14-15H2,1H3,(H,38,39)/t18-,19+,26?. The number of hydrogen-bond donors (Lipinski definition) is 1. The van der Waals surface area contributed by atoms with Crippen LogP contribution in [0.3, 0.4) is 0 Å². The Morgan fingerprint density at radius 2 is 1.85 bits per heavy atom. The molecule has 4 aromatic rings. The molecule has 1 amide bonds. The van der Waals surface area contributed by atoms with Gasteiger partial charge in [-0.3, -0.25) is 14.5 Å². The predicted molar refractivity (Wildman–Crippen MR) is 144 cm³/mol. The molecule has 2 bridgehead atoms. The van der Waals surface area contributed by atoms with Crippen molar-refractivity contribution in [3.8, 4) is 16.9 Å². The number of para-hydroxylation sites is 1. The molecule has 1 saturated carbocycles. The highest BCUT2D eigenvalue weighted by atomic mass is 19.1. The lowest BCUT2D eigenvalue weighted by Gasteiger charge is -2.35. The van der Waals surface area contributed by atoms with Crippen LogP contribution in [0.4, 0.5) is 16.0 Å². The number of carboxylic acid groups (broad SMARTS) is 1. The second-order valence-electron chi connectivity index (χ2n) is 10.8. The van der Waals surface area contributed by atoms with Crippen LogP contribution in [0, 0.1) is 30.5 Å². The molecule has 3 aromatic heterocycles. The molecule has 11 heteroatoms. The van der Waals surface area contributed by atoms with E-state index in [1.54, 1.807) is 24.5 Å². The summed E-state index contributed by atoms with van der Waals surface area (Å²) >= 11 is 0. The zero-order chi connectivity index (χ0) is 27.5. The third kappa shape index (κ3) is 3.95. The van der Waals surface area contributed by atoms with E-state index >= 15 is 0 Å². The Morgan fingerprint density at radius 1 is 1.10 bits per heavy atom. The van der Waals surface area contributed by atoms with E-state index in [-0.39, 0.29) is 42.6 Å². The van der Waals surface area contributed by atoms with Crippen LogP contribution in [-0.4, -0.2) is 56.0 Å². The molecule has 0 spiro atoms. The molecule has 1 N–H and O–H groups in total. The number of imidazole rings is 1. The number of pyridine rings is 1. The SMILES string of the molecule is Cc1nc2ccc(-c3cnc(N4C[C@H]5CC[C@@H](C4)C5C(=O)O)nc3)cn2c1CN1C(=O)COc2c(F)cccc21. The molecule has 2 fully saturated rings. The highest BCUT2D eigenvalue weighted by molar-refractivity contribution is 5.97. The second kappa shape index (κ2) is 9.29. The van der Waals surface area contributed by atoms with Crippen molar-refractivity contribution in [2.75, 3.05) is 29.5 Å². The van der Waals surface area contributed by atoms with Gasteiger partial charge in [-0.1, -0.05) is 6.07 Å². The van der Waals surface area contributed by atoms with Crippen molar-refractivity contribution in [2.45, 2.75) is 26.3 Å². The van der Waals surface area contributed by atoms with E-state index in [1.165, 1.54) is 11.0 Å². The summed E-state index contributed by atoms with van der Waals surface area (Å²) in [6.45, 7) is 3.18. The molecule has 5 heterocycles. The first kappa shape index (κ1) is 24.5. The Balaban J connectivity index is 1.16. The van der Waals surface area contributed by atoms with Gasteiger partial charge in [0.25, 0.3) is 5.91 Å². The highest BCUT2D eigenvalue weighted by Gasteiger charge is 2.46. The van der Waals surface area contributed by atoms with Gasteiger partial charge in [-0.05, 0) is 55.9 Å².